The van der Waals surface area contributed by atoms with Crippen molar-refractivity contribution in [3.8, 4) is 0 Å². The fraction of sp³-hybridized carbons (Fsp3) is 0.500. The molecule has 2 N–H and O–H groups in total. The number of fused-ring (bicyclic) bond motifs is 2. The van der Waals surface area contributed by atoms with Crippen molar-refractivity contribution in [1.82, 2.24) is 30.0 Å². The number of likely N-dealkylation sites (tertiary alicyclic amines) is 1. The molecule has 1 aromatic heterocycles. The number of benzene rings is 1. The molecule has 1 aromatic carbocycles. The molecule has 2 aromatic rings. The molecule has 0 radical (unpaired) electrons. The molecule has 36 heavy (non-hydrogen) atoms. The lowest BCUT2D eigenvalue weighted by atomic mass is 9.91. The Morgan fingerprint density at radius 2 is 1.78 bits per heavy atom. The van der Waals surface area contributed by atoms with E-state index >= 15 is 0 Å². The van der Waals surface area contributed by atoms with Gasteiger partial charge in [0, 0.05) is 38.5 Å². The fourth-order valence-electron chi connectivity index (χ4n) is 6.08. The van der Waals surface area contributed by atoms with Crippen LogP contribution in [0.4, 0.5) is 0 Å². The van der Waals surface area contributed by atoms with Crippen LogP contribution in [0.3, 0.4) is 0 Å². The van der Waals surface area contributed by atoms with E-state index < -0.39 is 23.8 Å². The average molecular weight is 491 g/mol. The molecule has 188 valence electrons. The maximum atomic E-state index is 13.1. The summed E-state index contributed by atoms with van der Waals surface area (Å²) in [4.78, 5) is 58.1. The molecule has 4 aliphatic heterocycles. The van der Waals surface area contributed by atoms with Gasteiger partial charge in [0.15, 0.2) is 0 Å². The molecular formula is C26H30N6O4. The number of aryl methyl sites for hydroxylation is 1. The van der Waals surface area contributed by atoms with Gasteiger partial charge in [0.05, 0.1) is 22.5 Å². The highest BCUT2D eigenvalue weighted by Crippen LogP contribution is 2.33. The molecule has 2 saturated heterocycles. The number of nitrogens with one attached hydrogen (secondary N) is 2. The number of carbonyl (C=O) groups is 4. The minimum atomic E-state index is -0.940. The van der Waals surface area contributed by atoms with Gasteiger partial charge < -0.3 is 9.88 Å². The summed E-state index contributed by atoms with van der Waals surface area (Å²) in [7, 11) is 0. The largest absolute Gasteiger partial charge is 0.330 e. The quantitative estimate of drug-likeness (QED) is 0.616. The first-order valence-corrected chi connectivity index (χ1v) is 12.7. The number of piperidine rings is 2. The summed E-state index contributed by atoms with van der Waals surface area (Å²) in [6.45, 7) is 7.52. The average Bonchev–Trinajstić information content (AvgIpc) is 3.34. The number of nitrogens with zero attached hydrogens (tertiary/aromatic N) is 4. The summed E-state index contributed by atoms with van der Waals surface area (Å²) >= 11 is 0. The predicted octanol–water partition coefficient (Wildman–Crippen LogP) is 1.08. The lowest BCUT2D eigenvalue weighted by Crippen LogP contribution is -2.54. The second-order valence-electron chi connectivity index (χ2n) is 10.2. The number of rotatable bonds is 4. The van der Waals surface area contributed by atoms with E-state index in [1.807, 2.05) is 6.07 Å². The molecule has 6 rings (SSSR count). The van der Waals surface area contributed by atoms with Crippen LogP contribution in [0.5, 0.6) is 0 Å². The van der Waals surface area contributed by atoms with Gasteiger partial charge in [-0.05, 0) is 57.0 Å². The Labute approximate surface area is 209 Å². The number of hydrogen-bond acceptors (Lipinski definition) is 7. The number of carbonyl (C=O) groups excluding carboxylic acids is 4. The summed E-state index contributed by atoms with van der Waals surface area (Å²) in [5.41, 5.74) is 4.21. The smallest absolute Gasteiger partial charge is 0.262 e. The number of aromatic nitrogens is 2. The van der Waals surface area contributed by atoms with Crippen molar-refractivity contribution >= 4 is 23.6 Å². The SMILES string of the molecule is Cc1nc(C2CCN(Cc3ccc4c(c3)C(=O)N(C3CCC(=O)NC3=O)C4=O)CC2)c2n1CCNC2. The highest BCUT2D eigenvalue weighted by Gasteiger charge is 2.44. The Morgan fingerprint density at radius 3 is 2.56 bits per heavy atom. The van der Waals surface area contributed by atoms with Crippen molar-refractivity contribution < 1.29 is 19.2 Å². The molecule has 10 nitrogen and oxygen atoms in total. The van der Waals surface area contributed by atoms with Crippen LogP contribution in [0, 0.1) is 6.92 Å². The van der Waals surface area contributed by atoms with Crippen molar-refractivity contribution in [2.75, 3.05) is 19.6 Å². The van der Waals surface area contributed by atoms with Gasteiger partial charge in [-0.3, -0.25) is 34.3 Å². The first-order chi connectivity index (χ1) is 17.4. The van der Waals surface area contributed by atoms with E-state index in [2.05, 4.69) is 27.0 Å². The number of amides is 4. The summed E-state index contributed by atoms with van der Waals surface area (Å²) < 4.78 is 2.35. The Hall–Kier alpha value is -3.37. The molecule has 2 fully saturated rings. The lowest BCUT2D eigenvalue weighted by Gasteiger charge is -2.32. The van der Waals surface area contributed by atoms with E-state index in [0.29, 0.717) is 23.6 Å². The van der Waals surface area contributed by atoms with Gasteiger partial charge in [-0.15, -0.1) is 0 Å². The molecule has 0 saturated carbocycles. The van der Waals surface area contributed by atoms with Crippen LogP contribution in [0.15, 0.2) is 18.2 Å². The zero-order valence-corrected chi connectivity index (χ0v) is 20.4. The fourth-order valence-corrected chi connectivity index (χ4v) is 6.08. The van der Waals surface area contributed by atoms with Gasteiger partial charge >= 0.3 is 0 Å². The molecule has 4 amide bonds. The Kier molecular flexibility index (Phi) is 5.72. The van der Waals surface area contributed by atoms with Crippen molar-refractivity contribution in [2.45, 2.75) is 64.2 Å². The van der Waals surface area contributed by atoms with Gasteiger partial charge in [-0.25, -0.2) is 4.98 Å². The van der Waals surface area contributed by atoms with E-state index in [1.54, 1.807) is 12.1 Å². The van der Waals surface area contributed by atoms with E-state index in [-0.39, 0.29) is 18.7 Å². The molecule has 10 heteroatoms. The molecular weight excluding hydrogens is 460 g/mol. The zero-order valence-electron chi connectivity index (χ0n) is 20.4. The second-order valence-corrected chi connectivity index (χ2v) is 10.2. The van der Waals surface area contributed by atoms with E-state index in [4.69, 9.17) is 4.98 Å². The van der Waals surface area contributed by atoms with Gasteiger partial charge in [-0.2, -0.15) is 0 Å². The minimum absolute atomic E-state index is 0.114. The topological polar surface area (TPSA) is 117 Å². The first-order valence-electron chi connectivity index (χ1n) is 12.7. The van der Waals surface area contributed by atoms with Crippen molar-refractivity contribution in [1.29, 1.82) is 0 Å². The van der Waals surface area contributed by atoms with E-state index in [9.17, 15) is 19.2 Å². The highest BCUT2D eigenvalue weighted by atomic mass is 16.2. The van der Waals surface area contributed by atoms with Crippen LogP contribution in [0.2, 0.25) is 0 Å². The van der Waals surface area contributed by atoms with Gasteiger partial charge in [0.1, 0.15) is 11.9 Å². The Bertz CT molecular complexity index is 1280. The zero-order chi connectivity index (χ0) is 25.0. The normalized spacial score (nSPS) is 23.1. The Morgan fingerprint density at radius 1 is 1.00 bits per heavy atom. The summed E-state index contributed by atoms with van der Waals surface area (Å²) in [6, 6.07) is 4.43. The third-order valence-electron chi connectivity index (χ3n) is 7.98. The highest BCUT2D eigenvalue weighted by molar-refractivity contribution is 6.23. The summed E-state index contributed by atoms with van der Waals surface area (Å²) in [5.74, 6) is -0.332. The van der Waals surface area contributed by atoms with Crippen LogP contribution in [0.25, 0.3) is 0 Å². The molecule has 0 aliphatic carbocycles. The van der Waals surface area contributed by atoms with Crippen molar-refractivity contribution in [3.05, 3.63) is 52.1 Å². The summed E-state index contributed by atoms with van der Waals surface area (Å²) in [6.07, 6.45) is 2.35. The molecule has 4 aliphatic rings. The lowest BCUT2D eigenvalue weighted by molar-refractivity contribution is -0.136. The minimum Gasteiger partial charge on any atom is -0.330 e. The Balaban J connectivity index is 1.12. The van der Waals surface area contributed by atoms with Gasteiger partial charge in [0.2, 0.25) is 11.8 Å². The predicted molar refractivity (Wildman–Crippen MR) is 129 cm³/mol. The number of imidazole rings is 1. The van der Waals surface area contributed by atoms with Crippen molar-refractivity contribution in [3.63, 3.8) is 0 Å². The maximum absolute atomic E-state index is 13.1. The number of hydrogen-bond donors (Lipinski definition) is 2. The molecule has 0 spiro atoms. The second kappa shape index (κ2) is 8.94. The first kappa shape index (κ1) is 23.1. The van der Waals surface area contributed by atoms with Crippen LogP contribution < -0.4 is 10.6 Å². The van der Waals surface area contributed by atoms with Crippen LogP contribution in [-0.2, 0) is 29.2 Å². The van der Waals surface area contributed by atoms with Crippen LogP contribution in [-0.4, -0.2) is 68.7 Å². The van der Waals surface area contributed by atoms with E-state index in [1.165, 1.54) is 11.4 Å². The molecule has 5 heterocycles. The summed E-state index contributed by atoms with van der Waals surface area (Å²) in [5, 5.41) is 5.70. The van der Waals surface area contributed by atoms with Crippen LogP contribution >= 0.6 is 0 Å². The maximum Gasteiger partial charge on any atom is 0.262 e. The monoisotopic (exact) mass is 490 g/mol. The third-order valence-corrected chi connectivity index (χ3v) is 7.98. The molecule has 1 unspecified atom stereocenters. The standard InChI is InChI=1S/C26H30N6O4/c1-15-28-23(21-13-27-8-11-31(15)21)17-6-9-30(10-7-17)14-16-2-3-18-19(12-16)26(36)32(25(18)35)20-4-5-22(33)29-24(20)34/h2-3,12,17,20,27H,4-11,13-14H2,1H3,(H,29,33,34). The van der Waals surface area contributed by atoms with Crippen molar-refractivity contribution in [2.24, 2.45) is 0 Å². The van der Waals surface area contributed by atoms with Gasteiger partial charge in [0.25, 0.3) is 11.8 Å². The molecule has 1 atom stereocenters. The number of imide groups is 2. The van der Waals surface area contributed by atoms with E-state index in [0.717, 1.165) is 61.9 Å². The van der Waals surface area contributed by atoms with Crippen LogP contribution in [0.1, 0.15) is 75.1 Å². The van der Waals surface area contributed by atoms with Gasteiger partial charge in [-0.1, -0.05) is 6.07 Å². The molecule has 0 bridgehead atoms. The third kappa shape index (κ3) is 3.84.